The molecule has 0 bridgehead atoms. The van der Waals surface area contributed by atoms with Crippen molar-refractivity contribution in [3.8, 4) is 0 Å². The molecule has 2 N–H and O–H groups in total. The molecule has 0 saturated heterocycles. The number of carbonyl (C=O) groups excluding carboxylic acids is 1. The fraction of sp³-hybridized carbons (Fsp3) is 0.188. The van der Waals surface area contributed by atoms with Crippen LogP contribution in [0.3, 0.4) is 0 Å². The molecule has 21 heavy (non-hydrogen) atoms. The average Bonchev–Trinajstić information content (AvgIpc) is 2.46. The molecule has 2 aromatic carbocycles. The van der Waals surface area contributed by atoms with Crippen molar-refractivity contribution < 1.29 is 4.79 Å². The molecule has 3 nitrogen and oxygen atoms in total. The molecule has 1 amide bonds. The number of hydrogen-bond donors (Lipinski definition) is 2. The second-order valence-corrected chi connectivity index (χ2v) is 5.61. The first-order valence-electron chi connectivity index (χ1n) is 6.55. The van der Waals surface area contributed by atoms with Crippen molar-refractivity contribution in [2.75, 3.05) is 10.6 Å². The highest BCUT2D eigenvalue weighted by Gasteiger charge is 2.14. The molecule has 2 aromatic rings. The lowest BCUT2D eigenvalue weighted by atomic mass is 10.2. The monoisotopic (exact) mass is 322 g/mol. The maximum atomic E-state index is 12.2. The second kappa shape index (κ2) is 6.83. The van der Waals surface area contributed by atoms with Gasteiger partial charge in [-0.1, -0.05) is 47.0 Å². The standard InChI is InChI=1S/C16H16Cl2N2O/c1-10-6-8-12(9-7-10)19-11(2)16(21)20-14-5-3-4-13(17)15(14)18/h3-9,11,19H,1-2H3,(H,20,21). The normalized spacial score (nSPS) is 11.8. The van der Waals surface area contributed by atoms with Gasteiger partial charge in [-0.25, -0.2) is 0 Å². The molecule has 0 aliphatic rings. The van der Waals surface area contributed by atoms with Crippen molar-refractivity contribution in [3.05, 3.63) is 58.1 Å². The van der Waals surface area contributed by atoms with Gasteiger partial charge >= 0.3 is 0 Å². The number of nitrogens with one attached hydrogen (secondary N) is 2. The number of halogens is 2. The lowest BCUT2D eigenvalue weighted by Gasteiger charge is -2.16. The van der Waals surface area contributed by atoms with E-state index in [1.165, 1.54) is 5.56 Å². The van der Waals surface area contributed by atoms with Crippen LogP contribution in [0.15, 0.2) is 42.5 Å². The Hall–Kier alpha value is -1.71. The third kappa shape index (κ3) is 4.13. The Balaban J connectivity index is 2.02. The molecule has 0 spiro atoms. The Kier molecular flexibility index (Phi) is 5.10. The van der Waals surface area contributed by atoms with Gasteiger partial charge in [0, 0.05) is 5.69 Å². The summed E-state index contributed by atoms with van der Waals surface area (Å²) in [4.78, 5) is 12.2. The Morgan fingerprint density at radius 3 is 2.43 bits per heavy atom. The average molecular weight is 323 g/mol. The van der Waals surface area contributed by atoms with Crippen LogP contribution >= 0.6 is 23.2 Å². The topological polar surface area (TPSA) is 41.1 Å². The van der Waals surface area contributed by atoms with Crippen LogP contribution in [0.4, 0.5) is 11.4 Å². The largest absolute Gasteiger partial charge is 0.374 e. The van der Waals surface area contributed by atoms with Crippen LogP contribution in [0.2, 0.25) is 10.0 Å². The van der Waals surface area contributed by atoms with Gasteiger partial charge in [0.1, 0.15) is 6.04 Å². The molecule has 5 heteroatoms. The predicted octanol–water partition coefficient (Wildman–Crippen LogP) is 4.74. The smallest absolute Gasteiger partial charge is 0.246 e. The van der Waals surface area contributed by atoms with Crippen LogP contribution in [0.25, 0.3) is 0 Å². The summed E-state index contributed by atoms with van der Waals surface area (Å²) in [6.45, 7) is 3.80. The number of amides is 1. The first kappa shape index (κ1) is 15.7. The van der Waals surface area contributed by atoms with E-state index in [4.69, 9.17) is 23.2 Å². The van der Waals surface area contributed by atoms with Gasteiger partial charge in [0.15, 0.2) is 0 Å². The fourth-order valence-corrected chi connectivity index (χ4v) is 2.15. The van der Waals surface area contributed by atoms with Gasteiger partial charge in [-0.3, -0.25) is 4.79 Å². The van der Waals surface area contributed by atoms with Crippen molar-refractivity contribution >= 4 is 40.5 Å². The van der Waals surface area contributed by atoms with E-state index in [1.807, 2.05) is 31.2 Å². The highest BCUT2D eigenvalue weighted by Crippen LogP contribution is 2.29. The number of rotatable bonds is 4. The maximum Gasteiger partial charge on any atom is 0.246 e. The summed E-state index contributed by atoms with van der Waals surface area (Å²) in [5.41, 5.74) is 2.57. The van der Waals surface area contributed by atoms with E-state index in [2.05, 4.69) is 10.6 Å². The van der Waals surface area contributed by atoms with E-state index in [0.29, 0.717) is 15.7 Å². The fourth-order valence-electron chi connectivity index (χ4n) is 1.81. The summed E-state index contributed by atoms with van der Waals surface area (Å²) in [7, 11) is 0. The number of carbonyl (C=O) groups is 1. The van der Waals surface area contributed by atoms with E-state index in [1.54, 1.807) is 25.1 Å². The SMILES string of the molecule is Cc1ccc(NC(C)C(=O)Nc2cccc(Cl)c2Cl)cc1. The minimum absolute atomic E-state index is 0.181. The summed E-state index contributed by atoms with van der Waals surface area (Å²) in [6, 6.07) is 12.6. The molecule has 0 aliphatic heterocycles. The first-order valence-corrected chi connectivity index (χ1v) is 7.31. The summed E-state index contributed by atoms with van der Waals surface area (Å²) in [5, 5.41) is 6.65. The van der Waals surface area contributed by atoms with Gasteiger partial charge in [0.05, 0.1) is 15.7 Å². The molecule has 0 radical (unpaired) electrons. The summed E-state index contributed by atoms with van der Waals surface area (Å²) in [6.07, 6.45) is 0. The summed E-state index contributed by atoms with van der Waals surface area (Å²) >= 11 is 12.0. The molecule has 0 aliphatic carbocycles. The number of benzene rings is 2. The van der Waals surface area contributed by atoms with Gasteiger partial charge in [-0.15, -0.1) is 0 Å². The van der Waals surface area contributed by atoms with E-state index >= 15 is 0 Å². The molecular weight excluding hydrogens is 307 g/mol. The van der Waals surface area contributed by atoms with Crippen molar-refractivity contribution in [1.29, 1.82) is 0 Å². The Morgan fingerprint density at radius 2 is 1.76 bits per heavy atom. The lowest BCUT2D eigenvalue weighted by Crippen LogP contribution is -2.31. The second-order valence-electron chi connectivity index (χ2n) is 4.82. The third-order valence-electron chi connectivity index (χ3n) is 3.04. The van der Waals surface area contributed by atoms with Crippen LogP contribution < -0.4 is 10.6 Å². The summed E-state index contributed by atoms with van der Waals surface area (Å²) in [5.74, 6) is -0.181. The van der Waals surface area contributed by atoms with Gasteiger partial charge in [-0.05, 0) is 38.1 Å². The minimum atomic E-state index is -0.400. The van der Waals surface area contributed by atoms with E-state index < -0.39 is 6.04 Å². The van der Waals surface area contributed by atoms with E-state index in [0.717, 1.165) is 5.69 Å². The predicted molar refractivity (Wildman–Crippen MR) is 89.4 cm³/mol. The zero-order valence-corrected chi connectivity index (χ0v) is 13.3. The van der Waals surface area contributed by atoms with Crippen LogP contribution in [-0.4, -0.2) is 11.9 Å². The van der Waals surface area contributed by atoms with Gasteiger partial charge < -0.3 is 10.6 Å². The van der Waals surface area contributed by atoms with Gasteiger partial charge in [0.25, 0.3) is 0 Å². The molecule has 1 unspecified atom stereocenters. The zero-order valence-electron chi connectivity index (χ0n) is 11.8. The molecule has 110 valence electrons. The highest BCUT2D eigenvalue weighted by atomic mass is 35.5. The Labute approximate surface area is 134 Å². The van der Waals surface area contributed by atoms with Gasteiger partial charge in [0.2, 0.25) is 5.91 Å². The molecule has 0 fully saturated rings. The van der Waals surface area contributed by atoms with Crippen LogP contribution in [-0.2, 0) is 4.79 Å². The highest BCUT2D eigenvalue weighted by molar-refractivity contribution is 6.44. The minimum Gasteiger partial charge on any atom is -0.374 e. The third-order valence-corrected chi connectivity index (χ3v) is 3.86. The molecule has 0 aromatic heterocycles. The molecule has 0 heterocycles. The first-order chi connectivity index (χ1) is 9.97. The van der Waals surface area contributed by atoms with Crippen LogP contribution in [0.1, 0.15) is 12.5 Å². The van der Waals surface area contributed by atoms with Crippen LogP contribution in [0.5, 0.6) is 0 Å². The molecule has 0 saturated carbocycles. The van der Waals surface area contributed by atoms with Crippen molar-refractivity contribution in [2.45, 2.75) is 19.9 Å². The van der Waals surface area contributed by atoms with Crippen molar-refractivity contribution in [1.82, 2.24) is 0 Å². The van der Waals surface area contributed by atoms with Crippen molar-refractivity contribution in [2.24, 2.45) is 0 Å². The number of anilines is 2. The van der Waals surface area contributed by atoms with Crippen molar-refractivity contribution in [3.63, 3.8) is 0 Å². The lowest BCUT2D eigenvalue weighted by molar-refractivity contribution is -0.116. The zero-order chi connectivity index (χ0) is 15.4. The molecular formula is C16H16Cl2N2O. The number of hydrogen-bond acceptors (Lipinski definition) is 2. The maximum absolute atomic E-state index is 12.2. The number of aryl methyl sites for hydroxylation is 1. The Bertz CT molecular complexity index is 641. The van der Waals surface area contributed by atoms with Gasteiger partial charge in [-0.2, -0.15) is 0 Å². The molecule has 1 atom stereocenters. The summed E-state index contributed by atoms with van der Waals surface area (Å²) < 4.78 is 0. The van der Waals surface area contributed by atoms with E-state index in [9.17, 15) is 4.79 Å². The molecule has 2 rings (SSSR count). The Morgan fingerprint density at radius 1 is 1.10 bits per heavy atom. The van der Waals surface area contributed by atoms with E-state index in [-0.39, 0.29) is 5.91 Å². The quantitative estimate of drug-likeness (QED) is 0.853. The van der Waals surface area contributed by atoms with Crippen LogP contribution in [0, 0.1) is 6.92 Å².